The van der Waals surface area contributed by atoms with Crippen LogP contribution in [0.4, 0.5) is 0 Å². The molecule has 0 spiro atoms. The van der Waals surface area contributed by atoms with Gasteiger partial charge in [-0.05, 0) is 40.7 Å². The highest BCUT2D eigenvalue weighted by Crippen LogP contribution is 2.13. The fourth-order valence-electron chi connectivity index (χ4n) is 1.08. The molecule has 14 heavy (non-hydrogen) atoms. The Hall–Kier alpha value is -0.120. The molecule has 0 aliphatic carbocycles. The van der Waals surface area contributed by atoms with Crippen LogP contribution in [0, 0.1) is 0 Å². The summed E-state index contributed by atoms with van der Waals surface area (Å²) in [7, 11) is 3.82. The van der Waals surface area contributed by atoms with E-state index in [0.717, 1.165) is 25.9 Å². The van der Waals surface area contributed by atoms with E-state index in [2.05, 4.69) is 25.8 Å². The molecule has 1 unspecified atom stereocenters. The second-order valence-corrected chi connectivity index (χ2v) is 4.65. The van der Waals surface area contributed by atoms with E-state index in [1.165, 1.54) is 0 Å². The first kappa shape index (κ1) is 13.9. The lowest BCUT2D eigenvalue weighted by Gasteiger charge is -2.26. The summed E-state index contributed by atoms with van der Waals surface area (Å²) in [6.07, 6.45) is 1.65. The molecule has 1 N–H and O–H groups in total. The molecule has 0 aliphatic rings. The molecule has 0 bridgehead atoms. The summed E-state index contributed by atoms with van der Waals surface area (Å²) >= 11 is 0. The molecule has 0 amide bonds. The van der Waals surface area contributed by atoms with Crippen molar-refractivity contribution < 1.29 is 9.84 Å². The molecule has 3 heteroatoms. The maximum Gasteiger partial charge on any atom is 0.0634 e. The van der Waals surface area contributed by atoms with Gasteiger partial charge in [-0.25, -0.2) is 0 Å². The molecular weight excluding hydrogens is 178 g/mol. The zero-order chi connectivity index (χ0) is 11.2. The Morgan fingerprint density at radius 1 is 1.36 bits per heavy atom. The second kappa shape index (κ2) is 6.38. The largest absolute Gasteiger partial charge is 0.393 e. The Labute approximate surface area is 88.1 Å². The Balaban J connectivity index is 3.58. The van der Waals surface area contributed by atoms with Crippen LogP contribution in [0.2, 0.25) is 0 Å². The van der Waals surface area contributed by atoms with Crippen LogP contribution in [-0.2, 0) is 4.74 Å². The number of hydrogen-bond acceptors (Lipinski definition) is 3. The van der Waals surface area contributed by atoms with Gasteiger partial charge in [0, 0.05) is 20.2 Å². The van der Waals surface area contributed by atoms with Gasteiger partial charge in [0.2, 0.25) is 0 Å². The summed E-state index contributed by atoms with van der Waals surface area (Å²) in [5.74, 6) is 0. The first-order valence-corrected chi connectivity index (χ1v) is 5.29. The van der Waals surface area contributed by atoms with Crippen LogP contribution in [0.15, 0.2) is 0 Å². The number of ether oxygens (including phenoxy) is 1. The molecule has 0 saturated heterocycles. The lowest BCUT2D eigenvalue weighted by molar-refractivity contribution is 0.00853. The van der Waals surface area contributed by atoms with Gasteiger partial charge in [0.15, 0.2) is 0 Å². The minimum atomic E-state index is -0.201. The van der Waals surface area contributed by atoms with Crippen molar-refractivity contribution in [2.24, 2.45) is 0 Å². The Morgan fingerprint density at radius 3 is 2.36 bits per heavy atom. The van der Waals surface area contributed by atoms with E-state index >= 15 is 0 Å². The van der Waals surface area contributed by atoms with E-state index < -0.39 is 0 Å². The van der Waals surface area contributed by atoms with Gasteiger partial charge in [-0.2, -0.15) is 0 Å². The van der Waals surface area contributed by atoms with E-state index in [0.29, 0.717) is 0 Å². The van der Waals surface area contributed by atoms with Crippen molar-refractivity contribution in [1.29, 1.82) is 0 Å². The van der Waals surface area contributed by atoms with Gasteiger partial charge in [0.25, 0.3) is 0 Å². The zero-order valence-electron chi connectivity index (χ0n) is 10.2. The van der Waals surface area contributed by atoms with Crippen LogP contribution in [0.5, 0.6) is 0 Å². The maximum atomic E-state index is 9.12. The highest BCUT2D eigenvalue weighted by molar-refractivity contribution is 4.69. The Morgan fingerprint density at radius 2 is 1.93 bits per heavy atom. The summed E-state index contributed by atoms with van der Waals surface area (Å²) in [5.41, 5.74) is -0.0426. The summed E-state index contributed by atoms with van der Waals surface area (Å²) < 4.78 is 5.34. The molecule has 0 aromatic carbocycles. The molecule has 3 nitrogen and oxygen atoms in total. The third-order valence-electron chi connectivity index (χ3n) is 2.58. The average Bonchev–Trinajstić information content (AvgIpc) is 2.11. The highest BCUT2D eigenvalue weighted by Gasteiger charge is 2.16. The molecule has 1 atom stereocenters. The van der Waals surface area contributed by atoms with Gasteiger partial charge in [0.1, 0.15) is 0 Å². The van der Waals surface area contributed by atoms with Crippen LogP contribution in [0.3, 0.4) is 0 Å². The molecule has 0 fully saturated rings. The van der Waals surface area contributed by atoms with E-state index in [1.54, 1.807) is 7.11 Å². The van der Waals surface area contributed by atoms with Gasteiger partial charge >= 0.3 is 0 Å². The average molecular weight is 203 g/mol. The number of methoxy groups -OCH3 is 1. The number of hydrogen-bond donors (Lipinski definition) is 1. The normalized spacial score (nSPS) is 14.8. The van der Waals surface area contributed by atoms with Crippen LogP contribution in [0.25, 0.3) is 0 Å². The predicted octanol–water partition coefficient (Wildman–Crippen LogP) is 1.50. The first-order valence-electron chi connectivity index (χ1n) is 5.29. The molecular formula is C11H25NO2. The quantitative estimate of drug-likeness (QED) is 0.680. The van der Waals surface area contributed by atoms with Crippen molar-refractivity contribution >= 4 is 0 Å². The summed E-state index contributed by atoms with van der Waals surface area (Å²) in [6.45, 7) is 7.96. The van der Waals surface area contributed by atoms with Crippen molar-refractivity contribution in [2.45, 2.75) is 45.3 Å². The highest BCUT2D eigenvalue weighted by atomic mass is 16.5. The zero-order valence-corrected chi connectivity index (χ0v) is 10.2. The minimum Gasteiger partial charge on any atom is -0.393 e. The van der Waals surface area contributed by atoms with E-state index in [9.17, 15) is 0 Å². The number of aliphatic hydroxyl groups excluding tert-OH is 1. The number of aliphatic hydroxyl groups is 1. The van der Waals surface area contributed by atoms with Crippen LogP contribution in [-0.4, -0.2) is 49.0 Å². The lowest BCUT2D eigenvalue weighted by atomic mass is 10.1. The van der Waals surface area contributed by atoms with Crippen molar-refractivity contribution in [3.63, 3.8) is 0 Å². The molecule has 0 aliphatic heterocycles. The van der Waals surface area contributed by atoms with Crippen molar-refractivity contribution in [1.82, 2.24) is 4.90 Å². The van der Waals surface area contributed by atoms with Gasteiger partial charge in [-0.3, -0.25) is 0 Å². The van der Waals surface area contributed by atoms with Crippen molar-refractivity contribution in [3.05, 3.63) is 0 Å². The molecule has 0 radical (unpaired) electrons. The fourth-order valence-corrected chi connectivity index (χ4v) is 1.08. The van der Waals surface area contributed by atoms with Crippen molar-refractivity contribution in [2.75, 3.05) is 27.2 Å². The topological polar surface area (TPSA) is 32.7 Å². The monoisotopic (exact) mass is 203 g/mol. The maximum absolute atomic E-state index is 9.12. The Bertz CT molecular complexity index is 146. The first-order chi connectivity index (χ1) is 6.37. The van der Waals surface area contributed by atoms with Gasteiger partial charge < -0.3 is 14.7 Å². The SMILES string of the molecule is COC(C)(C)CCN(C)CCC(C)O. The fraction of sp³-hybridized carbons (Fsp3) is 1.00. The van der Waals surface area contributed by atoms with E-state index in [-0.39, 0.29) is 11.7 Å². The summed E-state index contributed by atoms with van der Waals surface area (Å²) in [6, 6.07) is 0. The minimum absolute atomic E-state index is 0.0426. The van der Waals surface area contributed by atoms with Gasteiger partial charge in [0.05, 0.1) is 11.7 Å². The molecule has 0 aromatic heterocycles. The standard InChI is InChI=1S/C11H25NO2/c1-10(13)6-8-12(4)9-7-11(2,3)14-5/h10,13H,6-9H2,1-5H3. The predicted molar refractivity (Wildman–Crippen MR) is 59.5 cm³/mol. The smallest absolute Gasteiger partial charge is 0.0634 e. The van der Waals surface area contributed by atoms with Crippen LogP contribution < -0.4 is 0 Å². The van der Waals surface area contributed by atoms with Crippen molar-refractivity contribution in [3.8, 4) is 0 Å². The van der Waals surface area contributed by atoms with Gasteiger partial charge in [-0.15, -0.1) is 0 Å². The van der Waals surface area contributed by atoms with Crippen LogP contribution in [0.1, 0.15) is 33.6 Å². The molecule has 0 heterocycles. The molecule has 0 aromatic rings. The number of rotatable bonds is 7. The lowest BCUT2D eigenvalue weighted by Crippen LogP contribution is -2.31. The van der Waals surface area contributed by atoms with E-state index in [1.807, 2.05) is 6.92 Å². The summed E-state index contributed by atoms with van der Waals surface area (Å²) in [4.78, 5) is 2.23. The third kappa shape index (κ3) is 7.30. The summed E-state index contributed by atoms with van der Waals surface area (Å²) in [5, 5.41) is 9.12. The third-order valence-corrected chi connectivity index (χ3v) is 2.58. The molecule has 86 valence electrons. The second-order valence-electron chi connectivity index (χ2n) is 4.65. The number of nitrogens with zero attached hydrogens (tertiary/aromatic N) is 1. The Kier molecular flexibility index (Phi) is 6.33. The molecule has 0 saturated carbocycles. The van der Waals surface area contributed by atoms with Gasteiger partial charge in [-0.1, -0.05) is 0 Å². The van der Waals surface area contributed by atoms with Crippen LogP contribution >= 0.6 is 0 Å². The molecule has 0 rings (SSSR count). The van der Waals surface area contributed by atoms with E-state index in [4.69, 9.17) is 9.84 Å².